The van der Waals surface area contributed by atoms with E-state index in [-0.39, 0.29) is 0 Å². The fourth-order valence-electron chi connectivity index (χ4n) is 1.90. The molecule has 1 unspecified atom stereocenters. The molecule has 1 aromatic rings. The highest BCUT2D eigenvalue weighted by Crippen LogP contribution is 2.40. The fraction of sp³-hybridized carbons (Fsp3) is 0.500. The van der Waals surface area contributed by atoms with Gasteiger partial charge in [0.2, 0.25) is 5.67 Å². The van der Waals surface area contributed by atoms with Crippen LogP contribution >= 0.6 is 11.6 Å². The van der Waals surface area contributed by atoms with Crippen molar-refractivity contribution in [1.82, 2.24) is 14.5 Å². The summed E-state index contributed by atoms with van der Waals surface area (Å²) in [7, 11) is 0. The van der Waals surface area contributed by atoms with Crippen LogP contribution in [0.4, 0.5) is 4.39 Å². The molecule has 1 saturated heterocycles. The van der Waals surface area contributed by atoms with Crippen LogP contribution in [0.1, 0.15) is 6.23 Å². The van der Waals surface area contributed by atoms with E-state index in [4.69, 9.17) is 21.4 Å². The van der Waals surface area contributed by atoms with Crippen molar-refractivity contribution < 1.29 is 19.3 Å². The third-order valence-electron chi connectivity index (χ3n) is 2.86. The van der Waals surface area contributed by atoms with Crippen LogP contribution in [0.5, 0.6) is 0 Å². The molecule has 2 heterocycles. The second-order valence-corrected chi connectivity index (χ2v) is 4.22. The SMILES string of the molecule is O=c1ncn([C@@H]2O[C@H](CO)C(O)[C@]2(F)C#CCl)c(=O)[nH]1. The highest BCUT2D eigenvalue weighted by Gasteiger charge is 2.58. The average Bonchev–Trinajstić information content (AvgIpc) is 2.63. The molecule has 4 atom stereocenters. The maximum atomic E-state index is 14.8. The third kappa shape index (κ3) is 2.23. The van der Waals surface area contributed by atoms with Crippen LogP contribution in [-0.4, -0.2) is 49.2 Å². The Hall–Kier alpha value is -1.73. The van der Waals surface area contributed by atoms with Gasteiger partial charge in [0, 0.05) is 5.38 Å². The number of nitrogens with one attached hydrogen (secondary N) is 1. The zero-order chi connectivity index (χ0) is 14.9. The maximum absolute atomic E-state index is 14.8. The molecular formula is C10H9ClFN3O5. The summed E-state index contributed by atoms with van der Waals surface area (Å²) in [6, 6.07) is 0. The first kappa shape index (κ1) is 14.7. The smallest absolute Gasteiger partial charge is 0.350 e. The summed E-state index contributed by atoms with van der Waals surface area (Å²) in [5.41, 5.74) is -4.66. The van der Waals surface area contributed by atoms with Crippen LogP contribution in [-0.2, 0) is 4.74 Å². The lowest BCUT2D eigenvalue weighted by molar-refractivity contribution is -0.0548. The summed E-state index contributed by atoms with van der Waals surface area (Å²) in [5, 5.41) is 20.6. The summed E-state index contributed by atoms with van der Waals surface area (Å²) in [4.78, 5) is 27.6. The third-order valence-corrected chi connectivity index (χ3v) is 2.96. The topological polar surface area (TPSA) is 117 Å². The van der Waals surface area contributed by atoms with E-state index < -0.39 is 42.1 Å². The van der Waals surface area contributed by atoms with Gasteiger partial charge in [-0.15, -0.1) is 0 Å². The molecule has 1 aliphatic heterocycles. The van der Waals surface area contributed by atoms with Crippen molar-refractivity contribution >= 4 is 11.6 Å². The van der Waals surface area contributed by atoms with Gasteiger partial charge in [0.1, 0.15) is 18.5 Å². The molecule has 10 heteroatoms. The van der Waals surface area contributed by atoms with Gasteiger partial charge in [-0.05, 0) is 17.5 Å². The number of aromatic nitrogens is 3. The second kappa shape index (κ2) is 5.34. The fourth-order valence-corrected chi connectivity index (χ4v) is 2.04. The van der Waals surface area contributed by atoms with Gasteiger partial charge in [0.25, 0.3) is 0 Å². The largest absolute Gasteiger partial charge is 0.394 e. The average molecular weight is 306 g/mol. The minimum Gasteiger partial charge on any atom is -0.394 e. The van der Waals surface area contributed by atoms with Gasteiger partial charge in [-0.2, -0.15) is 4.98 Å². The van der Waals surface area contributed by atoms with E-state index in [2.05, 4.69) is 4.98 Å². The van der Waals surface area contributed by atoms with Crippen LogP contribution in [0.3, 0.4) is 0 Å². The predicted octanol–water partition coefficient (Wildman–Crippen LogP) is -1.91. The summed E-state index contributed by atoms with van der Waals surface area (Å²) in [5.74, 6) is 1.91. The van der Waals surface area contributed by atoms with Crippen molar-refractivity contribution in [2.24, 2.45) is 0 Å². The summed E-state index contributed by atoms with van der Waals surface area (Å²) >= 11 is 5.15. The van der Waals surface area contributed by atoms with Gasteiger partial charge in [0.05, 0.1) is 6.61 Å². The molecule has 20 heavy (non-hydrogen) atoms. The molecular weight excluding hydrogens is 297 g/mol. The van der Waals surface area contributed by atoms with E-state index in [0.717, 1.165) is 6.33 Å². The van der Waals surface area contributed by atoms with Gasteiger partial charge >= 0.3 is 11.4 Å². The number of hydrogen-bond acceptors (Lipinski definition) is 6. The highest BCUT2D eigenvalue weighted by atomic mass is 35.5. The Labute approximate surface area is 115 Å². The lowest BCUT2D eigenvalue weighted by atomic mass is 9.97. The van der Waals surface area contributed by atoms with Gasteiger partial charge in [-0.25, -0.2) is 14.0 Å². The van der Waals surface area contributed by atoms with E-state index in [9.17, 15) is 19.1 Å². The van der Waals surface area contributed by atoms with E-state index in [1.54, 1.807) is 5.38 Å². The molecule has 0 spiro atoms. The van der Waals surface area contributed by atoms with Crippen molar-refractivity contribution in [1.29, 1.82) is 0 Å². The molecule has 1 fully saturated rings. The number of ether oxygens (including phenoxy) is 1. The molecule has 8 nitrogen and oxygen atoms in total. The van der Waals surface area contributed by atoms with Crippen LogP contribution in [0, 0.1) is 11.3 Å². The molecule has 0 aromatic carbocycles. The zero-order valence-electron chi connectivity index (χ0n) is 9.79. The van der Waals surface area contributed by atoms with Crippen molar-refractivity contribution in [2.45, 2.75) is 24.1 Å². The monoisotopic (exact) mass is 305 g/mol. The van der Waals surface area contributed by atoms with Crippen molar-refractivity contribution in [3.8, 4) is 11.3 Å². The first-order valence-corrected chi connectivity index (χ1v) is 5.75. The molecule has 2 rings (SSSR count). The Morgan fingerprint density at radius 2 is 2.35 bits per heavy atom. The van der Waals surface area contributed by atoms with E-state index >= 15 is 0 Å². The van der Waals surface area contributed by atoms with Gasteiger partial charge in [-0.1, -0.05) is 0 Å². The minimum absolute atomic E-state index is 0.613. The predicted molar refractivity (Wildman–Crippen MR) is 63.6 cm³/mol. The Balaban J connectivity index is 2.55. The molecule has 0 aliphatic carbocycles. The van der Waals surface area contributed by atoms with Crippen molar-refractivity contribution in [3.05, 3.63) is 27.3 Å². The zero-order valence-corrected chi connectivity index (χ0v) is 10.5. The van der Waals surface area contributed by atoms with E-state index in [0.29, 0.717) is 4.57 Å². The quantitative estimate of drug-likeness (QED) is 0.549. The first-order valence-electron chi connectivity index (χ1n) is 5.37. The second-order valence-electron chi connectivity index (χ2n) is 4.03. The van der Waals surface area contributed by atoms with Crippen LogP contribution in [0.15, 0.2) is 15.9 Å². The van der Waals surface area contributed by atoms with Gasteiger partial charge in [0.15, 0.2) is 6.23 Å². The lowest BCUT2D eigenvalue weighted by Crippen LogP contribution is -2.45. The Morgan fingerprint density at radius 1 is 1.65 bits per heavy atom. The summed E-state index contributed by atoms with van der Waals surface area (Å²) in [6.45, 7) is -0.696. The molecule has 0 saturated carbocycles. The van der Waals surface area contributed by atoms with Gasteiger partial charge in [-0.3, -0.25) is 9.55 Å². The van der Waals surface area contributed by atoms with E-state index in [1.165, 1.54) is 0 Å². The van der Waals surface area contributed by atoms with Crippen LogP contribution in [0.2, 0.25) is 0 Å². The Morgan fingerprint density at radius 3 is 2.90 bits per heavy atom. The van der Waals surface area contributed by atoms with Crippen molar-refractivity contribution in [3.63, 3.8) is 0 Å². The van der Waals surface area contributed by atoms with E-state index in [1.807, 2.05) is 10.9 Å². The number of alkyl halides is 1. The molecule has 108 valence electrons. The number of H-pyrrole nitrogens is 1. The molecule has 0 amide bonds. The van der Waals surface area contributed by atoms with Crippen LogP contribution < -0.4 is 11.4 Å². The maximum Gasteiger partial charge on any atom is 0.350 e. The number of nitrogens with zero attached hydrogens (tertiary/aromatic N) is 2. The summed E-state index contributed by atoms with van der Waals surface area (Å²) < 4.78 is 20.4. The minimum atomic E-state index is -2.74. The highest BCUT2D eigenvalue weighted by molar-refractivity contribution is 6.30. The van der Waals surface area contributed by atoms with Crippen LogP contribution in [0.25, 0.3) is 0 Å². The van der Waals surface area contributed by atoms with Crippen molar-refractivity contribution in [2.75, 3.05) is 6.61 Å². The number of aliphatic hydroxyl groups excluding tert-OH is 2. The molecule has 3 N–H and O–H groups in total. The molecule has 1 aromatic heterocycles. The van der Waals surface area contributed by atoms with Gasteiger partial charge < -0.3 is 14.9 Å². The molecule has 0 bridgehead atoms. The normalized spacial score (nSPS) is 32.7. The number of rotatable bonds is 2. The lowest BCUT2D eigenvalue weighted by Gasteiger charge is -2.23. The first-order chi connectivity index (χ1) is 9.43. The number of aliphatic hydroxyl groups is 2. The number of hydrogen-bond donors (Lipinski definition) is 3. The standard InChI is InChI=1S/C10H9ClFN3O5/c11-2-1-10(12)6(17)5(3-16)20-7(10)15-4-13-8(18)14-9(15)19/h4-7,16-17H,3H2,(H,14,18,19)/t5-,6?,7-,10-/m1/s1. The number of aromatic amines is 1. The number of halogens is 2. The Bertz CT molecular complexity index is 680. The molecule has 1 aliphatic rings. The molecule has 0 radical (unpaired) electrons. The Kier molecular flexibility index (Phi) is 3.92. The summed E-state index contributed by atoms with van der Waals surface area (Å²) in [6.07, 6.45) is -4.09.